The molecule has 0 bridgehead atoms. The Labute approximate surface area is 184 Å². The van der Waals surface area contributed by atoms with Crippen LogP contribution in [0, 0.1) is 19.7 Å². The van der Waals surface area contributed by atoms with Crippen LogP contribution in [0.5, 0.6) is 0 Å². The summed E-state index contributed by atoms with van der Waals surface area (Å²) < 4.78 is 28.0. The van der Waals surface area contributed by atoms with Gasteiger partial charge in [0.2, 0.25) is 5.91 Å². The summed E-state index contributed by atoms with van der Waals surface area (Å²) >= 11 is 0. The first-order valence-electron chi connectivity index (χ1n) is 10.8. The van der Waals surface area contributed by atoms with Crippen molar-refractivity contribution in [2.45, 2.75) is 51.7 Å². The van der Waals surface area contributed by atoms with Gasteiger partial charge < -0.3 is 9.80 Å². The van der Waals surface area contributed by atoms with Crippen LogP contribution in [0.15, 0.2) is 23.0 Å². The number of nitrogens with zero attached hydrogens (tertiary/aromatic N) is 3. The fourth-order valence-electron chi connectivity index (χ4n) is 4.49. The molecule has 2 aliphatic rings. The molecular formula is C23H26F2N4O3. The number of halogens is 2. The molecule has 0 unspecified atom stereocenters. The van der Waals surface area contributed by atoms with Crippen LogP contribution in [0.2, 0.25) is 0 Å². The molecule has 2 atom stereocenters. The topological polar surface area (TPSA) is 86.4 Å². The number of piperazine rings is 1. The van der Waals surface area contributed by atoms with Gasteiger partial charge in [-0.15, -0.1) is 0 Å². The number of hydrogen-bond acceptors (Lipinski definition) is 4. The summed E-state index contributed by atoms with van der Waals surface area (Å²) in [5, 5.41) is 6.52. The normalized spacial score (nSPS) is 21.3. The van der Waals surface area contributed by atoms with Crippen LogP contribution in [0.25, 0.3) is 0 Å². The fourth-order valence-corrected chi connectivity index (χ4v) is 4.49. The van der Waals surface area contributed by atoms with Crippen LogP contribution >= 0.6 is 0 Å². The summed E-state index contributed by atoms with van der Waals surface area (Å²) in [5.41, 5.74) is 2.25. The Morgan fingerprint density at radius 3 is 2.66 bits per heavy atom. The first kappa shape index (κ1) is 22.1. The van der Waals surface area contributed by atoms with E-state index in [4.69, 9.17) is 0 Å². The second-order valence-electron chi connectivity index (χ2n) is 8.62. The Morgan fingerprint density at radius 1 is 1.19 bits per heavy atom. The Hall–Kier alpha value is -3.10. The number of aromatic nitrogens is 2. The number of aromatic amines is 1. The predicted molar refractivity (Wildman–Crippen MR) is 114 cm³/mol. The zero-order valence-electron chi connectivity index (χ0n) is 18.2. The van der Waals surface area contributed by atoms with Crippen molar-refractivity contribution in [3.63, 3.8) is 0 Å². The maximum absolute atomic E-state index is 14.5. The molecule has 0 spiro atoms. The number of benzene rings is 1. The summed E-state index contributed by atoms with van der Waals surface area (Å²) in [6.07, 6.45) is 0.873. The van der Waals surface area contributed by atoms with Gasteiger partial charge in [0.25, 0.3) is 11.5 Å². The van der Waals surface area contributed by atoms with E-state index in [1.54, 1.807) is 24.8 Å². The molecule has 170 valence electrons. The highest BCUT2D eigenvalue weighted by Gasteiger charge is 2.36. The molecular weight excluding hydrogens is 418 g/mol. The lowest BCUT2D eigenvalue weighted by Crippen LogP contribution is -2.55. The lowest BCUT2D eigenvalue weighted by atomic mass is 10.0. The van der Waals surface area contributed by atoms with Gasteiger partial charge in [-0.2, -0.15) is 5.10 Å². The molecule has 1 aliphatic heterocycles. The molecule has 1 aromatic heterocycles. The van der Waals surface area contributed by atoms with Crippen molar-refractivity contribution < 1.29 is 18.4 Å². The van der Waals surface area contributed by atoms with E-state index in [-0.39, 0.29) is 36.2 Å². The van der Waals surface area contributed by atoms with Crippen molar-refractivity contribution in [2.75, 3.05) is 19.6 Å². The van der Waals surface area contributed by atoms with Crippen molar-refractivity contribution >= 4 is 11.8 Å². The third kappa shape index (κ3) is 4.28. The maximum Gasteiger partial charge on any atom is 0.267 e. The molecule has 2 fully saturated rings. The minimum absolute atomic E-state index is 0.104. The van der Waals surface area contributed by atoms with E-state index in [1.165, 1.54) is 17.0 Å². The van der Waals surface area contributed by atoms with Gasteiger partial charge in [-0.25, -0.2) is 13.9 Å². The van der Waals surface area contributed by atoms with E-state index in [1.807, 2.05) is 0 Å². The van der Waals surface area contributed by atoms with Crippen LogP contribution in [0.4, 0.5) is 8.78 Å². The number of carbonyl (C=O) groups is 2. The molecule has 1 saturated carbocycles. The Bertz CT molecular complexity index is 1120. The number of amides is 2. The zero-order valence-corrected chi connectivity index (χ0v) is 18.2. The molecule has 1 aliphatic carbocycles. The van der Waals surface area contributed by atoms with E-state index in [0.717, 1.165) is 5.56 Å². The van der Waals surface area contributed by atoms with Gasteiger partial charge in [-0.1, -0.05) is 6.07 Å². The molecule has 7 nitrogen and oxygen atoms in total. The van der Waals surface area contributed by atoms with E-state index in [0.29, 0.717) is 49.0 Å². The standard InChI is InChI=1S/C23H26F2N4O3/c1-13-14(2)22(31)27-26-20(13)10-15-3-6-19(25)18(9-15)23(32)28-7-8-29(21(30)12-28)17-5-4-16(24)11-17/h3,6,9,16-17H,4-5,7-8,10-12H2,1-2H3,(H,27,31)/t16-,17-/m0/s1. The molecule has 1 saturated heterocycles. The molecule has 4 rings (SSSR count). The summed E-state index contributed by atoms with van der Waals surface area (Å²) in [5.74, 6) is -1.44. The molecule has 1 aromatic carbocycles. The lowest BCUT2D eigenvalue weighted by molar-refractivity contribution is -0.137. The van der Waals surface area contributed by atoms with Gasteiger partial charge in [0, 0.05) is 31.1 Å². The minimum atomic E-state index is -0.881. The number of hydrogen-bond donors (Lipinski definition) is 1. The molecule has 32 heavy (non-hydrogen) atoms. The van der Waals surface area contributed by atoms with Crippen molar-refractivity contribution in [1.82, 2.24) is 20.0 Å². The Morgan fingerprint density at radius 2 is 1.97 bits per heavy atom. The third-order valence-electron chi connectivity index (χ3n) is 6.59. The van der Waals surface area contributed by atoms with Gasteiger partial charge in [0.1, 0.15) is 18.5 Å². The first-order chi connectivity index (χ1) is 15.2. The van der Waals surface area contributed by atoms with Gasteiger partial charge in [0.05, 0.1) is 11.3 Å². The maximum atomic E-state index is 14.5. The number of carbonyl (C=O) groups excluding carboxylic acids is 2. The average molecular weight is 444 g/mol. The monoisotopic (exact) mass is 444 g/mol. The van der Waals surface area contributed by atoms with Crippen LogP contribution in [0.3, 0.4) is 0 Å². The number of rotatable bonds is 4. The molecule has 1 N–H and O–H groups in total. The van der Waals surface area contributed by atoms with Crippen LogP contribution < -0.4 is 5.56 Å². The number of H-pyrrole nitrogens is 1. The van der Waals surface area contributed by atoms with Gasteiger partial charge >= 0.3 is 0 Å². The smallest absolute Gasteiger partial charge is 0.267 e. The van der Waals surface area contributed by atoms with Gasteiger partial charge in [0.15, 0.2) is 0 Å². The van der Waals surface area contributed by atoms with Crippen LogP contribution in [0.1, 0.15) is 52.0 Å². The van der Waals surface area contributed by atoms with Crippen molar-refractivity contribution in [3.05, 3.63) is 62.3 Å². The number of alkyl halides is 1. The van der Waals surface area contributed by atoms with E-state index < -0.39 is 17.9 Å². The Kier molecular flexibility index (Phi) is 6.08. The second-order valence-corrected chi connectivity index (χ2v) is 8.62. The molecule has 9 heteroatoms. The third-order valence-corrected chi connectivity index (χ3v) is 6.59. The fraction of sp³-hybridized carbons (Fsp3) is 0.478. The number of nitrogens with one attached hydrogen (secondary N) is 1. The molecule has 2 amide bonds. The summed E-state index contributed by atoms with van der Waals surface area (Å²) in [4.78, 5) is 40.3. The van der Waals surface area contributed by atoms with Crippen LogP contribution in [-0.4, -0.2) is 63.7 Å². The average Bonchev–Trinajstić information content (AvgIpc) is 3.20. The SMILES string of the molecule is Cc1c(Cc2ccc(F)c(C(=O)N3CCN([C@H]4CC[C@H](F)C4)C(=O)C3)c2)n[nH]c(=O)c1C. The van der Waals surface area contributed by atoms with Crippen molar-refractivity contribution in [2.24, 2.45) is 0 Å². The Balaban J connectivity index is 1.49. The second kappa shape index (κ2) is 8.80. The summed E-state index contributed by atoms with van der Waals surface area (Å²) in [6, 6.07) is 4.16. The largest absolute Gasteiger partial charge is 0.336 e. The van der Waals surface area contributed by atoms with Gasteiger partial charge in [-0.3, -0.25) is 14.4 Å². The quantitative estimate of drug-likeness (QED) is 0.784. The zero-order chi connectivity index (χ0) is 23.0. The van der Waals surface area contributed by atoms with E-state index in [2.05, 4.69) is 10.2 Å². The highest BCUT2D eigenvalue weighted by Crippen LogP contribution is 2.28. The molecule has 2 heterocycles. The molecule has 2 aromatic rings. The van der Waals surface area contributed by atoms with Crippen molar-refractivity contribution in [1.29, 1.82) is 0 Å². The molecule has 0 radical (unpaired) electrons. The lowest BCUT2D eigenvalue weighted by Gasteiger charge is -2.37. The highest BCUT2D eigenvalue weighted by atomic mass is 19.1. The minimum Gasteiger partial charge on any atom is -0.336 e. The summed E-state index contributed by atoms with van der Waals surface area (Å²) in [7, 11) is 0. The van der Waals surface area contributed by atoms with E-state index >= 15 is 0 Å². The van der Waals surface area contributed by atoms with Crippen LogP contribution in [-0.2, 0) is 11.2 Å². The van der Waals surface area contributed by atoms with Crippen molar-refractivity contribution in [3.8, 4) is 0 Å². The predicted octanol–water partition coefficient (Wildman–Crippen LogP) is 2.29. The highest BCUT2D eigenvalue weighted by molar-refractivity contribution is 5.97. The van der Waals surface area contributed by atoms with Gasteiger partial charge in [-0.05, 0) is 56.4 Å². The van der Waals surface area contributed by atoms with E-state index in [9.17, 15) is 23.2 Å². The summed E-state index contributed by atoms with van der Waals surface area (Å²) in [6.45, 7) is 3.96. The first-order valence-corrected chi connectivity index (χ1v) is 10.8.